The van der Waals surface area contributed by atoms with Crippen molar-refractivity contribution in [1.82, 2.24) is 0 Å². The summed E-state index contributed by atoms with van der Waals surface area (Å²) in [7, 11) is 0. The molecular formula is C9H7FO2S2. The molecule has 14 heavy (non-hydrogen) atoms. The fourth-order valence-corrected chi connectivity index (χ4v) is 1.68. The summed E-state index contributed by atoms with van der Waals surface area (Å²) >= 11 is 5.94. The monoisotopic (exact) mass is 230 g/mol. The number of thiocarbonyl (C=S) groups is 1. The van der Waals surface area contributed by atoms with Crippen LogP contribution in [-0.4, -0.2) is 21.0 Å². The molecule has 0 radical (unpaired) electrons. The van der Waals surface area contributed by atoms with Crippen LogP contribution in [-0.2, 0) is 4.79 Å². The van der Waals surface area contributed by atoms with E-state index >= 15 is 0 Å². The lowest BCUT2D eigenvalue weighted by Crippen LogP contribution is -2.02. The fraction of sp³-hybridized carbons (Fsp3) is 0.111. The number of thioether (sulfide) groups is 1. The van der Waals surface area contributed by atoms with Crippen LogP contribution in [0.4, 0.5) is 4.39 Å². The minimum absolute atomic E-state index is 0.102. The van der Waals surface area contributed by atoms with E-state index in [9.17, 15) is 9.18 Å². The van der Waals surface area contributed by atoms with Crippen molar-refractivity contribution >= 4 is 34.1 Å². The van der Waals surface area contributed by atoms with Crippen LogP contribution >= 0.6 is 24.0 Å². The molecule has 0 unspecified atom stereocenters. The van der Waals surface area contributed by atoms with E-state index in [1.54, 1.807) is 6.07 Å². The number of halogens is 1. The lowest BCUT2D eigenvalue weighted by molar-refractivity contribution is -0.133. The maximum atomic E-state index is 12.7. The molecule has 0 spiro atoms. The molecule has 0 aliphatic rings. The molecule has 1 rings (SSSR count). The molecule has 2 nitrogen and oxygen atoms in total. The van der Waals surface area contributed by atoms with E-state index in [0.717, 1.165) is 11.8 Å². The lowest BCUT2D eigenvalue weighted by atomic mass is 10.2. The molecule has 0 aliphatic carbocycles. The molecule has 1 aromatic rings. The quantitative estimate of drug-likeness (QED) is 0.809. The van der Waals surface area contributed by atoms with Crippen LogP contribution in [0.15, 0.2) is 24.3 Å². The van der Waals surface area contributed by atoms with Crippen molar-refractivity contribution in [2.45, 2.75) is 0 Å². The fourth-order valence-electron chi connectivity index (χ4n) is 0.826. The number of hydrogen-bond donors (Lipinski definition) is 1. The third-order valence-electron chi connectivity index (χ3n) is 1.39. The van der Waals surface area contributed by atoms with Crippen LogP contribution in [0.2, 0.25) is 0 Å². The van der Waals surface area contributed by atoms with Crippen molar-refractivity contribution in [2.24, 2.45) is 0 Å². The normalized spacial score (nSPS) is 9.79. The summed E-state index contributed by atoms with van der Waals surface area (Å²) < 4.78 is 13.1. The highest BCUT2D eigenvalue weighted by Crippen LogP contribution is 2.14. The Hall–Kier alpha value is -0.940. The van der Waals surface area contributed by atoms with E-state index in [4.69, 9.17) is 17.3 Å². The van der Waals surface area contributed by atoms with Crippen molar-refractivity contribution in [1.29, 1.82) is 0 Å². The van der Waals surface area contributed by atoms with E-state index in [-0.39, 0.29) is 11.6 Å². The Morgan fingerprint density at radius 2 is 2.29 bits per heavy atom. The molecule has 5 heteroatoms. The molecule has 0 aromatic heterocycles. The number of benzene rings is 1. The smallest absolute Gasteiger partial charge is 0.313 e. The van der Waals surface area contributed by atoms with E-state index in [0.29, 0.717) is 9.76 Å². The molecule has 0 atom stereocenters. The zero-order valence-corrected chi connectivity index (χ0v) is 8.70. The van der Waals surface area contributed by atoms with Gasteiger partial charge in [-0.05, 0) is 12.1 Å². The molecule has 0 heterocycles. The summed E-state index contributed by atoms with van der Waals surface area (Å²) in [6.45, 7) is 0. The lowest BCUT2D eigenvalue weighted by Gasteiger charge is -2.01. The highest BCUT2D eigenvalue weighted by atomic mass is 32.2. The number of carbonyl (C=O) groups is 1. The van der Waals surface area contributed by atoms with Crippen LogP contribution in [0.3, 0.4) is 0 Å². The van der Waals surface area contributed by atoms with Gasteiger partial charge in [-0.25, -0.2) is 4.39 Å². The van der Waals surface area contributed by atoms with Gasteiger partial charge in [0.15, 0.2) is 0 Å². The number of rotatable bonds is 3. The minimum Gasteiger partial charge on any atom is -0.481 e. The molecular weight excluding hydrogens is 223 g/mol. The Kier molecular flexibility index (Phi) is 4.03. The Bertz CT molecular complexity index is 366. The summed E-state index contributed by atoms with van der Waals surface area (Å²) in [5, 5.41) is 8.41. The van der Waals surface area contributed by atoms with Gasteiger partial charge in [-0.15, -0.1) is 11.8 Å². The topological polar surface area (TPSA) is 37.3 Å². The van der Waals surface area contributed by atoms with Gasteiger partial charge >= 0.3 is 5.97 Å². The van der Waals surface area contributed by atoms with Crippen molar-refractivity contribution in [3.63, 3.8) is 0 Å². The van der Waals surface area contributed by atoms with Crippen molar-refractivity contribution < 1.29 is 14.3 Å². The summed E-state index contributed by atoms with van der Waals surface area (Å²) in [6.07, 6.45) is 0. The van der Waals surface area contributed by atoms with Gasteiger partial charge in [-0.2, -0.15) is 0 Å². The van der Waals surface area contributed by atoms with Crippen molar-refractivity contribution in [2.75, 3.05) is 5.75 Å². The van der Waals surface area contributed by atoms with E-state index in [1.807, 2.05) is 0 Å². The minimum atomic E-state index is -0.936. The number of aliphatic carboxylic acids is 1. The summed E-state index contributed by atoms with van der Waals surface area (Å²) in [4.78, 5) is 10.2. The first-order valence-corrected chi connectivity index (χ1v) is 5.13. The zero-order chi connectivity index (χ0) is 10.6. The SMILES string of the molecule is O=C(O)CSC(=S)c1cccc(F)c1. The Morgan fingerprint density at radius 3 is 2.86 bits per heavy atom. The molecule has 74 valence electrons. The van der Waals surface area contributed by atoms with Crippen LogP contribution in [0.1, 0.15) is 5.56 Å². The first kappa shape index (κ1) is 11.1. The maximum absolute atomic E-state index is 12.7. The first-order valence-electron chi connectivity index (χ1n) is 3.74. The van der Waals surface area contributed by atoms with Gasteiger partial charge in [0.1, 0.15) is 5.82 Å². The van der Waals surface area contributed by atoms with Gasteiger partial charge in [-0.3, -0.25) is 4.79 Å². The molecule has 1 aromatic carbocycles. The second kappa shape index (κ2) is 5.07. The number of carboxylic acids is 1. The predicted octanol–water partition coefficient (Wildman–Crippen LogP) is 2.32. The van der Waals surface area contributed by atoms with Crippen LogP contribution in [0.5, 0.6) is 0 Å². The Morgan fingerprint density at radius 1 is 1.57 bits per heavy atom. The van der Waals surface area contributed by atoms with Gasteiger partial charge in [-0.1, -0.05) is 24.4 Å². The molecule has 0 fully saturated rings. The first-order chi connectivity index (χ1) is 6.59. The van der Waals surface area contributed by atoms with Crippen molar-refractivity contribution in [3.05, 3.63) is 35.6 Å². The van der Waals surface area contributed by atoms with Gasteiger partial charge < -0.3 is 5.11 Å². The predicted molar refractivity (Wildman–Crippen MR) is 58.2 cm³/mol. The molecule has 0 bridgehead atoms. The van der Waals surface area contributed by atoms with E-state index in [1.165, 1.54) is 18.2 Å². The maximum Gasteiger partial charge on any atom is 0.313 e. The molecule has 0 saturated heterocycles. The summed E-state index contributed by atoms with van der Waals surface area (Å²) in [6, 6.07) is 5.80. The summed E-state index contributed by atoms with van der Waals surface area (Å²) in [5.74, 6) is -1.41. The van der Waals surface area contributed by atoms with E-state index < -0.39 is 5.97 Å². The van der Waals surface area contributed by atoms with Gasteiger partial charge in [0, 0.05) is 5.56 Å². The van der Waals surface area contributed by atoms with Gasteiger partial charge in [0.25, 0.3) is 0 Å². The van der Waals surface area contributed by atoms with Crippen LogP contribution in [0, 0.1) is 5.82 Å². The third kappa shape index (κ3) is 3.43. The molecule has 0 aliphatic heterocycles. The second-order valence-corrected chi connectivity index (χ2v) is 4.13. The third-order valence-corrected chi connectivity index (χ3v) is 2.87. The molecule has 0 saturated carbocycles. The average molecular weight is 230 g/mol. The second-order valence-electron chi connectivity index (χ2n) is 2.48. The van der Waals surface area contributed by atoms with Gasteiger partial charge in [0.2, 0.25) is 0 Å². The Labute approximate surface area is 90.1 Å². The van der Waals surface area contributed by atoms with Crippen LogP contribution < -0.4 is 0 Å². The van der Waals surface area contributed by atoms with E-state index in [2.05, 4.69) is 0 Å². The summed E-state index contributed by atoms with van der Waals surface area (Å²) in [5.41, 5.74) is 0.547. The highest BCUT2D eigenvalue weighted by Gasteiger charge is 2.05. The average Bonchev–Trinajstić information content (AvgIpc) is 2.14. The Balaban J connectivity index is 2.65. The largest absolute Gasteiger partial charge is 0.481 e. The standard InChI is InChI=1S/C9H7FO2S2/c10-7-3-1-2-6(4-7)9(13)14-5-8(11)12/h1-4H,5H2,(H,11,12). The molecule has 1 N–H and O–H groups in total. The molecule has 0 amide bonds. The number of hydrogen-bond acceptors (Lipinski definition) is 3. The highest BCUT2D eigenvalue weighted by molar-refractivity contribution is 8.24. The van der Waals surface area contributed by atoms with Gasteiger partial charge in [0.05, 0.1) is 9.95 Å². The number of carboxylic acid groups (broad SMARTS) is 1. The zero-order valence-electron chi connectivity index (χ0n) is 7.07. The van der Waals surface area contributed by atoms with Crippen LogP contribution in [0.25, 0.3) is 0 Å². The van der Waals surface area contributed by atoms with Crippen molar-refractivity contribution in [3.8, 4) is 0 Å².